The summed E-state index contributed by atoms with van der Waals surface area (Å²) in [6, 6.07) is 9.61. The normalized spacial score (nSPS) is 16.2. The van der Waals surface area contributed by atoms with Crippen molar-refractivity contribution < 1.29 is 9.90 Å². The fourth-order valence-corrected chi connectivity index (χ4v) is 3.22. The molecule has 1 aliphatic rings. The average Bonchev–Trinajstić information content (AvgIpc) is 2.38. The van der Waals surface area contributed by atoms with Crippen LogP contribution in [0.25, 0.3) is 0 Å². The van der Waals surface area contributed by atoms with E-state index in [2.05, 4.69) is 12.1 Å². The number of fused-ring (bicyclic) bond motifs is 1. The third kappa shape index (κ3) is 2.17. The first-order valence-corrected chi connectivity index (χ1v) is 7.01. The van der Waals surface area contributed by atoms with Crippen molar-refractivity contribution in [2.45, 2.75) is 32.7 Å². The molecule has 0 amide bonds. The highest BCUT2D eigenvalue weighted by Crippen LogP contribution is 2.36. The summed E-state index contributed by atoms with van der Waals surface area (Å²) in [6.07, 6.45) is 0.943. The molecule has 1 aliphatic carbocycles. The zero-order chi connectivity index (χ0) is 15.1. The van der Waals surface area contributed by atoms with Crippen LogP contribution in [-0.4, -0.2) is 15.6 Å². The summed E-state index contributed by atoms with van der Waals surface area (Å²) in [5.74, 6) is -0.685. The summed E-state index contributed by atoms with van der Waals surface area (Å²) < 4.78 is 1.59. The Bertz CT molecular complexity index is 789. The number of nitrogens with zero attached hydrogens (tertiary/aromatic N) is 1. The minimum Gasteiger partial charge on any atom is -0.478 e. The number of aryl methyl sites for hydroxylation is 1. The molecule has 3 rings (SSSR count). The Balaban J connectivity index is 1.99. The number of aromatic carboxylic acids is 1. The number of carboxylic acid groups (broad SMARTS) is 1. The SMILES string of the molecule is Cc1cc(=O)n(CC2Cc3ccccc32)c(C)c1C(=O)O. The summed E-state index contributed by atoms with van der Waals surface area (Å²) >= 11 is 0. The van der Waals surface area contributed by atoms with Crippen LogP contribution in [-0.2, 0) is 13.0 Å². The molecule has 0 bridgehead atoms. The molecule has 0 radical (unpaired) electrons. The number of carbonyl (C=O) groups is 1. The quantitative estimate of drug-likeness (QED) is 0.941. The maximum absolute atomic E-state index is 12.2. The lowest BCUT2D eigenvalue weighted by Crippen LogP contribution is -2.31. The molecule has 1 N–H and O–H groups in total. The Morgan fingerprint density at radius 2 is 2.05 bits per heavy atom. The van der Waals surface area contributed by atoms with E-state index in [9.17, 15) is 14.7 Å². The van der Waals surface area contributed by atoms with Gasteiger partial charge in [-0.1, -0.05) is 24.3 Å². The van der Waals surface area contributed by atoms with Gasteiger partial charge in [-0.15, -0.1) is 0 Å². The van der Waals surface area contributed by atoms with Crippen LogP contribution in [0.2, 0.25) is 0 Å². The molecular weight excluding hydrogens is 266 g/mol. The molecule has 4 nitrogen and oxygen atoms in total. The van der Waals surface area contributed by atoms with Crippen molar-refractivity contribution in [3.63, 3.8) is 0 Å². The molecule has 108 valence electrons. The molecular formula is C17H17NO3. The first-order valence-electron chi connectivity index (χ1n) is 7.01. The predicted molar refractivity (Wildman–Crippen MR) is 80.0 cm³/mol. The van der Waals surface area contributed by atoms with Gasteiger partial charge in [-0.25, -0.2) is 4.79 Å². The molecule has 0 aliphatic heterocycles. The number of benzene rings is 1. The second-order valence-corrected chi connectivity index (χ2v) is 5.64. The van der Waals surface area contributed by atoms with Gasteiger partial charge in [0.25, 0.3) is 5.56 Å². The summed E-state index contributed by atoms with van der Waals surface area (Å²) in [7, 11) is 0. The van der Waals surface area contributed by atoms with E-state index in [-0.39, 0.29) is 11.1 Å². The Morgan fingerprint density at radius 1 is 1.33 bits per heavy atom. The van der Waals surface area contributed by atoms with Crippen molar-refractivity contribution in [3.8, 4) is 0 Å². The van der Waals surface area contributed by atoms with Gasteiger partial charge in [0.15, 0.2) is 0 Å². The number of hydrogen-bond donors (Lipinski definition) is 1. The molecule has 21 heavy (non-hydrogen) atoms. The Labute approximate surface area is 122 Å². The maximum atomic E-state index is 12.2. The van der Waals surface area contributed by atoms with Crippen molar-refractivity contribution >= 4 is 5.97 Å². The summed E-state index contributed by atoms with van der Waals surface area (Å²) in [4.78, 5) is 23.6. The maximum Gasteiger partial charge on any atom is 0.337 e. The van der Waals surface area contributed by atoms with Crippen LogP contribution < -0.4 is 5.56 Å². The van der Waals surface area contributed by atoms with E-state index >= 15 is 0 Å². The largest absolute Gasteiger partial charge is 0.478 e. The minimum atomic E-state index is -0.979. The van der Waals surface area contributed by atoms with Crippen LogP contribution >= 0.6 is 0 Å². The van der Waals surface area contributed by atoms with Crippen molar-refractivity contribution in [2.75, 3.05) is 0 Å². The lowest BCUT2D eigenvalue weighted by atomic mass is 9.77. The summed E-state index contributed by atoms with van der Waals surface area (Å²) in [6.45, 7) is 3.92. The molecule has 1 heterocycles. The minimum absolute atomic E-state index is 0.126. The molecule has 0 fully saturated rings. The van der Waals surface area contributed by atoms with E-state index in [1.807, 2.05) is 12.1 Å². The Kier molecular flexibility index (Phi) is 3.16. The van der Waals surface area contributed by atoms with Gasteiger partial charge in [0, 0.05) is 24.2 Å². The molecule has 0 spiro atoms. The van der Waals surface area contributed by atoms with Crippen molar-refractivity contribution in [1.29, 1.82) is 0 Å². The fourth-order valence-electron chi connectivity index (χ4n) is 3.22. The third-order valence-corrected chi connectivity index (χ3v) is 4.35. The number of carboxylic acids is 1. The number of aromatic nitrogens is 1. The van der Waals surface area contributed by atoms with Crippen LogP contribution in [0.1, 0.15) is 38.7 Å². The highest BCUT2D eigenvalue weighted by molar-refractivity contribution is 5.90. The van der Waals surface area contributed by atoms with Gasteiger partial charge in [0.1, 0.15) is 0 Å². The van der Waals surface area contributed by atoms with Gasteiger partial charge >= 0.3 is 5.97 Å². The van der Waals surface area contributed by atoms with Crippen molar-refractivity contribution in [2.24, 2.45) is 0 Å². The Hall–Kier alpha value is -2.36. The van der Waals surface area contributed by atoms with Crippen LogP contribution in [0.4, 0.5) is 0 Å². The second-order valence-electron chi connectivity index (χ2n) is 5.64. The van der Waals surface area contributed by atoms with E-state index < -0.39 is 5.97 Å². The molecule has 2 aromatic rings. The summed E-state index contributed by atoms with van der Waals surface area (Å²) in [5, 5.41) is 9.31. The smallest absolute Gasteiger partial charge is 0.337 e. The monoisotopic (exact) mass is 283 g/mol. The summed E-state index contributed by atoms with van der Waals surface area (Å²) in [5.41, 5.74) is 3.76. The third-order valence-electron chi connectivity index (χ3n) is 4.35. The lowest BCUT2D eigenvalue weighted by Gasteiger charge is -2.31. The first-order chi connectivity index (χ1) is 9.99. The van der Waals surface area contributed by atoms with Crippen molar-refractivity contribution in [1.82, 2.24) is 4.57 Å². The number of rotatable bonds is 3. The van der Waals surface area contributed by atoms with E-state index in [1.165, 1.54) is 17.2 Å². The van der Waals surface area contributed by atoms with E-state index in [1.54, 1.807) is 18.4 Å². The standard InChI is InChI=1S/C17H17NO3/c1-10-7-15(19)18(11(2)16(10)17(20)21)9-13-8-12-5-3-4-6-14(12)13/h3-7,13H,8-9H2,1-2H3,(H,20,21). The highest BCUT2D eigenvalue weighted by atomic mass is 16.4. The zero-order valence-electron chi connectivity index (χ0n) is 12.1. The van der Waals surface area contributed by atoms with Crippen LogP contribution in [0.5, 0.6) is 0 Å². The van der Waals surface area contributed by atoms with E-state index in [4.69, 9.17) is 0 Å². The molecule has 1 atom stereocenters. The molecule has 1 aromatic carbocycles. The van der Waals surface area contributed by atoms with Crippen LogP contribution in [0.15, 0.2) is 35.1 Å². The molecule has 1 unspecified atom stereocenters. The second kappa shape index (κ2) is 4.88. The van der Waals surface area contributed by atoms with E-state index in [0.717, 1.165) is 6.42 Å². The van der Waals surface area contributed by atoms with Gasteiger partial charge < -0.3 is 9.67 Å². The molecule has 0 saturated carbocycles. The molecule has 0 saturated heterocycles. The van der Waals surface area contributed by atoms with E-state index in [0.29, 0.717) is 23.7 Å². The Morgan fingerprint density at radius 3 is 2.71 bits per heavy atom. The topological polar surface area (TPSA) is 59.3 Å². The average molecular weight is 283 g/mol. The van der Waals surface area contributed by atoms with Gasteiger partial charge in [-0.05, 0) is 37.0 Å². The zero-order valence-corrected chi connectivity index (χ0v) is 12.1. The first kappa shape index (κ1) is 13.6. The number of hydrogen-bond acceptors (Lipinski definition) is 2. The van der Waals surface area contributed by atoms with Crippen LogP contribution in [0.3, 0.4) is 0 Å². The predicted octanol–water partition coefficient (Wildman–Crippen LogP) is 2.50. The van der Waals surface area contributed by atoms with Gasteiger partial charge in [-0.3, -0.25) is 4.79 Å². The van der Waals surface area contributed by atoms with Gasteiger partial charge in [-0.2, -0.15) is 0 Å². The molecule has 4 heteroatoms. The lowest BCUT2D eigenvalue weighted by molar-refractivity contribution is 0.0694. The van der Waals surface area contributed by atoms with Crippen LogP contribution in [0, 0.1) is 13.8 Å². The molecule has 1 aromatic heterocycles. The highest BCUT2D eigenvalue weighted by Gasteiger charge is 2.27. The van der Waals surface area contributed by atoms with Gasteiger partial charge in [0.05, 0.1) is 5.56 Å². The fraction of sp³-hybridized carbons (Fsp3) is 0.294. The van der Waals surface area contributed by atoms with Gasteiger partial charge in [0.2, 0.25) is 0 Å². The number of pyridine rings is 1. The van der Waals surface area contributed by atoms with Crippen molar-refractivity contribution in [3.05, 3.63) is 68.6 Å².